The third kappa shape index (κ3) is 1.94. The van der Waals surface area contributed by atoms with Gasteiger partial charge < -0.3 is 20.1 Å². The monoisotopic (exact) mass is 203 g/mol. The van der Waals surface area contributed by atoms with Crippen LogP contribution in [-0.2, 0) is 9.53 Å². The first-order chi connectivity index (χ1) is 6.57. The molecule has 0 aromatic heterocycles. The summed E-state index contributed by atoms with van der Waals surface area (Å²) in [6.07, 6.45) is -5.71. The molecule has 1 rings (SSSR count). The van der Waals surface area contributed by atoms with E-state index in [1.807, 2.05) is 0 Å². The van der Waals surface area contributed by atoms with E-state index in [9.17, 15) is 15.0 Å². The third-order valence-electron chi connectivity index (χ3n) is 1.87. The summed E-state index contributed by atoms with van der Waals surface area (Å²) >= 11 is 0. The van der Waals surface area contributed by atoms with E-state index in [0.29, 0.717) is 0 Å². The normalized spacial score (nSPS) is 33.4. The van der Waals surface area contributed by atoms with Gasteiger partial charge in [0.05, 0.1) is 12.6 Å². The van der Waals surface area contributed by atoms with Crippen molar-refractivity contribution < 1.29 is 24.9 Å². The number of hydrogen-bond donors (Lipinski definition) is 3. The molecule has 0 amide bonds. The number of azide groups is 1. The minimum atomic E-state index is -1.65. The molecule has 0 aromatic rings. The number of carbonyl (C=O) groups is 1. The van der Waals surface area contributed by atoms with Crippen LogP contribution in [0.15, 0.2) is 5.11 Å². The zero-order valence-electron chi connectivity index (χ0n) is 7.02. The predicted molar refractivity (Wildman–Crippen MR) is 41.9 cm³/mol. The number of aliphatic hydroxyl groups excluding tert-OH is 3. The van der Waals surface area contributed by atoms with Crippen LogP contribution in [0.25, 0.3) is 10.4 Å². The summed E-state index contributed by atoms with van der Waals surface area (Å²) in [5.41, 5.74) is 7.96. The average molecular weight is 203 g/mol. The molecule has 1 unspecified atom stereocenters. The Hall–Kier alpha value is -1.34. The van der Waals surface area contributed by atoms with Crippen molar-refractivity contribution in [3.05, 3.63) is 10.4 Å². The maximum absolute atomic E-state index is 10.7. The van der Waals surface area contributed by atoms with Crippen LogP contribution in [0.2, 0.25) is 0 Å². The van der Waals surface area contributed by atoms with E-state index in [1.54, 1.807) is 0 Å². The van der Waals surface area contributed by atoms with E-state index in [-0.39, 0.29) is 6.54 Å². The fraction of sp³-hybridized carbons (Fsp3) is 0.833. The Kier molecular flexibility index (Phi) is 3.26. The maximum atomic E-state index is 10.7. The Labute approximate surface area is 78.3 Å². The highest BCUT2D eigenvalue weighted by atomic mass is 16.6. The molecule has 1 aliphatic rings. The molecule has 1 fully saturated rings. The number of rotatable bonds is 3. The first-order valence-electron chi connectivity index (χ1n) is 3.83. The number of nitrogens with zero attached hydrogens (tertiary/aromatic N) is 3. The molecular weight excluding hydrogens is 194 g/mol. The van der Waals surface area contributed by atoms with Crippen LogP contribution in [0.3, 0.4) is 0 Å². The molecule has 4 atom stereocenters. The first kappa shape index (κ1) is 10.7. The molecule has 78 valence electrons. The van der Waals surface area contributed by atoms with Crippen LogP contribution in [0.4, 0.5) is 0 Å². The molecule has 1 saturated heterocycles. The van der Waals surface area contributed by atoms with Gasteiger partial charge in [-0.1, -0.05) is 5.11 Å². The third-order valence-corrected chi connectivity index (χ3v) is 1.87. The van der Waals surface area contributed by atoms with E-state index >= 15 is 0 Å². The second-order valence-electron chi connectivity index (χ2n) is 2.82. The largest absolute Gasteiger partial charge is 0.455 e. The van der Waals surface area contributed by atoms with Crippen LogP contribution in [0.1, 0.15) is 0 Å². The molecule has 0 spiro atoms. The highest BCUT2D eigenvalue weighted by Crippen LogP contribution is 2.19. The summed E-state index contributed by atoms with van der Waals surface area (Å²) in [6.45, 7) is -0.335. The topological polar surface area (TPSA) is 136 Å². The fourth-order valence-corrected chi connectivity index (χ4v) is 1.12. The standard InChI is InChI=1S/C6H9N3O5/c7-9-8-1-2(10)5-3(11)4(12)6(13)14-5/h2-5,10-12H,1H2/t2-,3-,4-,5?/m1/s1. The van der Waals surface area contributed by atoms with Gasteiger partial charge in [0.25, 0.3) is 0 Å². The van der Waals surface area contributed by atoms with Crippen molar-refractivity contribution in [2.24, 2.45) is 5.11 Å². The Balaban J connectivity index is 2.61. The quantitative estimate of drug-likeness (QED) is 0.217. The lowest BCUT2D eigenvalue weighted by Gasteiger charge is -2.17. The molecular formula is C6H9N3O5. The molecule has 0 aromatic carbocycles. The molecule has 0 radical (unpaired) electrons. The molecule has 0 aliphatic carbocycles. The van der Waals surface area contributed by atoms with Crippen LogP contribution in [0.5, 0.6) is 0 Å². The van der Waals surface area contributed by atoms with E-state index in [4.69, 9.17) is 10.6 Å². The summed E-state index contributed by atoms with van der Waals surface area (Å²) in [5, 5.41) is 30.5. The second-order valence-corrected chi connectivity index (χ2v) is 2.82. The SMILES string of the molecule is [N-]=[N+]=NC[C@@H](O)C1OC(=O)[C@H](O)[C@H]1O. The number of aliphatic hydroxyl groups is 3. The minimum absolute atomic E-state index is 0.335. The molecule has 0 bridgehead atoms. The summed E-state index contributed by atoms with van der Waals surface area (Å²) in [7, 11) is 0. The summed E-state index contributed by atoms with van der Waals surface area (Å²) in [6, 6.07) is 0. The molecule has 0 saturated carbocycles. The van der Waals surface area contributed by atoms with Crippen molar-refractivity contribution >= 4 is 5.97 Å². The molecule has 8 nitrogen and oxygen atoms in total. The van der Waals surface area contributed by atoms with Crippen molar-refractivity contribution in [2.45, 2.75) is 24.4 Å². The van der Waals surface area contributed by atoms with Gasteiger partial charge in [0, 0.05) is 4.91 Å². The predicted octanol–water partition coefficient (Wildman–Crippen LogP) is -1.70. The van der Waals surface area contributed by atoms with Crippen molar-refractivity contribution in [3.8, 4) is 0 Å². The van der Waals surface area contributed by atoms with E-state index < -0.39 is 30.4 Å². The molecule has 1 aliphatic heterocycles. The number of cyclic esters (lactones) is 1. The van der Waals surface area contributed by atoms with Gasteiger partial charge in [0.2, 0.25) is 0 Å². The number of hydrogen-bond acceptors (Lipinski definition) is 6. The van der Waals surface area contributed by atoms with Crippen molar-refractivity contribution in [1.29, 1.82) is 0 Å². The molecule has 1 heterocycles. The highest BCUT2D eigenvalue weighted by Gasteiger charge is 2.45. The van der Waals surface area contributed by atoms with Crippen LogP contribution < -0.4 is 0 Å². The van der Waals surface area contributed by atoms with Crippen LogP contribution >= 0.6 is 0 Å². The first-order valence-corrected chi connectivity index (χ1v) is 3.83. The molecule has 14 heavy (non-hydrogen) atoms. The number of carbonyl (C=O) groups excluding carboxylic acids is 1. The highest BCUT2D eigenvalue weighted by molar-refractivity contribution is 5.77. The van der Waals surface area contributed by atoms with Gasteiger partial charge >= 0.3 is 5.97 Å². The Morgan fingerprint density at radius 3 is 2.71 bits per heavy atom. The maximum Gasteiger partial charge on any atom is 0.338 e. The van der Waals surface area contributed by atoms with E-state index in [0.717, 1.165) is 0 Å². The van der Waals surface area contributed by atoms with Gasteiger partial charge in [-0.2, -0.15) is 0 Å². The minimum Gasteiger partial charge on any atom is -0.455 e. The summed E-state index contributed by atoms with van der Waals surface area (Å²) in [4.78, 5) is 13.1. The van der Waals surface area contributed by atoms with Gasteiger partial charge in [-0.3, -0.25) is 0 Å². The van der Waals surface area contributed by atoms with E-state index in [1.165, 1.54) is 0 Å². The van der Waals surface area contributed by atoms with E-state index in [2.05, 4.69) is 14.8 Å². The van der Waals surface area contributed by atoms with Gasteiger partial charge in [-0.25, -0.2) is 4.79 Å². The lowest BCUT2D eigenvalue weighted by molar-refractivity contribution is -0.150. The van der Waals surface area contributed by atoms with Crippen LogP contribution in [-0.4, -0.2) is 52.2 Å². The van der Waals surface area contributed by atoms with Crippen molar-refractivity contribution in [1.82, 2.24) is 0 Å². The Morgan fingerprint density at radius 2 is 2.29 bits per heavy atom. The fourth-order valence-electron chi connectivity index (χ4n) is 1.12. The van der Waals surface area contributed by atoms with Gasteiger partial charge in [0.1, 0.15) is 6.10 Å². The summed E-state index contributed by atoms with van der Waals surface area (Å²) < 4.78 is 4.47. The van der Waals surface area contributed by atoms with Gasteiger partial charge in [0.15, 0.2) is 12.2 Å². The smallest absolute Gasteiger partial charge is 0.338 e. The zero-order valence-corrected chi connectivity index (χ0v) is 7.02. The molecule has 3 N–H and O–H groups in total. The Bertz CT molecular complexity index is 277. The lowest BCUT2D eigenvalue weighted by Crippen LogP contribution is -2.40. The Morgan fingerprint density at radius 1 is 1.64 bits per heavy atom. The lowest BCUT2D eigenvalue weighted by atomic mass is 10.1. The number of esters is 1. The van der Waals surface area contributed by atoms with Crippen molar-refractivity contribution in [2.75, 3.05) is 6.54 Å². The zero-order chi connectivity index (χ0) is 10.7. The van der Waals surface area contributed by atoms with Gasteiger partial charge in [-0.05, 0) is 5.53 Å². The average Bonchev–Trinajstić information content (AvgIpc) is 2.42. The van der Waals surface area contributed by atoms with Crippen LogP contribution in [0, 0.1) is 0 Å². The number of ether oxygens (including phenoxy) is 1. The second kappa shape index (κ2) is 4.25. The summed E-state index contributed by atoms with van der Waals surface area (Å²) in [5.74, 6) is -0.998. The molecule has 8 heteroatoms. The van der Waals surface area contributed by atoms with Crippen molar-refractivity contribution in [3.63, 3.8) is 0 Å². The van der Waals surface area contributed by atoms with Gasteiger partial charge in [-0.15, -0.1) is 0 Å².